The minimum absolute atomic E-state index is 0.173. The number of hydrogen-bond acceptors (Lipinski definition) is 2. The van der Waals surface area contributed by atoms with Gasteiger partial charge in [0.25, 0.3) is 0 Å². The van der Waals surface area contributed by atoms with Crippen LogP contribution in [0, 0.1) is 5.82 Å². The Morgan fingerprint density at radius 2 is 1.94 bits per heavy atom. The molecule has 0 radical (unpaired) electrons. The first-order valence-electron chi connectivity index (χ1n) is 4.75. The van der Waals surface area contributed by atoms with Crippen molar-refractivity contribution < 1.29 is 19.1 Å². The number of rotatable bonds is 5. The summed E-state index contributed by atoms with van der Waals surface area (Å²) in [6, 6.07) is 5.78. The maximum Gasteiger partial charge on any atom is 0.303 e. The van der Waals surface area contributed by atoms with Crippen molar-refractivity contribution in [2.45, 2.75) is 18.8 Å². The van der Waals surface area contributed by atoms with Crippen LogP contribution in [0.5, 0.6) is 0 Å². The monoisotopic (exact) mass is 225 g/mol. The normalized spacial score (nSPS) is 12.1. The van der Waals surface area contributed by atoms with Crippen LogP contribution in [-0.2, 0) is 9.59 Å². The van der Waals surface area contributed by atoms with E-state index in [1.165, 1.54) is 18.2 Å². The maximum absolute atomic E-state index is 13.4. The first kappa shape index (κ1) is 12.2. The number of carboxylic acids is 1. The molecule has 16 heavy (non-hydrogen) atoms. The van der Waals surface area contributed by atoms with Crippen molar-refractivity contribution in [3.05, 3.63) is 35.6 Å². The van der Waals surface area contributed by atoms with Crippen LogP contribution in [0.3, 0.4) is 0 Å². The van der Waals surface area contributed by atoms with Crippen LogP contribution >= 0.6 is 0 Å². The fraction of sp³-hybridized carbons (Fsp3) is 0.273. The second-order valence-electron chi connectivity index (χ2n) is 3.49. The zero-order valence-electron chi connectivity index (χ0n) is 8.52. The fourth-order valence-electron chi connectivity index (χ4n) is 1.55. The van der Waals surface area contributed by atoms with Crippen LogP contribution in [0.2, 0.25) is 0 Å². The van der Waals surface area contributed by atoms with E-state index < -0.39 is 23.6 Å². The van der Waals surface area contributed by atoms with Crippen LogP contribution in [0.25, 0.3) is 0 Å². The number of halogens is 1. The van der Waals surface area contributed by atoms with Gasteiger partial charge in [-0.05, 0) is 11.6 Å². The number of nitrogens with two attached hydrogens (primary N) is 1. The van der Waals surface area contributed by atoms with E-state index in [4.69, 9.17) is 10.8 Å². The summed E-state index contributed by atoms with van der Waals surface area (Å²) < 4.78 is 13.4. The number of carboxylic acid groups (broad SMARTS) is 1. The summed E-state index contributed by atoms with van der Waals surface area (Å²) in [6.07, 6.45) is -0.489. The Balaban J connectivity index is 2.96. The van der Waals surface area contributed by atoms with Crippen LogP contribution < -0.4 is 5.73 Å². The van der Waals surface area contributed by atoms with Gasteiger partial charge in [0.05, 0.1) is 6.42 Å². The van der Waals surface area contributed by atoms with Gasteiger partial charge in [-0.15, -0.1) is 0 Å². The second kappa shape index (κ2) is 5.25. The summed E-state index contributed by atoms with van der Waals surface area (Å²) in [6.45, 7) is 0. The first-order valence-corrected chi connectivity index (χ1v) is 4.75. The smallest absolute Gasteiger partial charge is 0.303 e. The molecule has 5 heteroatoms. The van der Waals surface area contributed by atoms with Crippen molar-refractivity contribution in [1.82, 2.24) is 0 Å². The van der Waals surface area contributed by atoms with Gasteiger partial charge in [-0.2, -0.15) is 0 Å². The van der Waals surface area contributed by atoms with Crippen LogP contribution in [0.4, 0.5) is 4.39 Å². The molecule has 0 fully saturated rings. The van der Waals surface area contributed by atoms with E-state index in [2.05, 4.69) is 0 Å². The lowest BCUT2D eigenvalue weighted by Gasteiger charge is -2.13. The zero-order chi connectivity index (χ0) is 12.1. The Kier molecular flexibility index (Phi) is 3.99. The van der Waals surface area contributed by atoms with Crippen molar-refractivity contribution in [2.24, 2.45) is 5.73 Å². The fourth-order valence-corrected chi connectivity index (χ4v) is 1.55. The minimum atomic E-state index is -1.09. The molecule has 3 N–H and O–H groups in total. The third kappa shape index (κ3) is 3.34. The van der Waals surface area contributed by atoms with E-state index in [0.29, 0.717) is 0 Å². The Bertz CT molecular complexity index is 390. The molecule has 0 aliphatic rings. The number of amides is 1. The van der Waals surface area contributed by atoms with Gasteiger partial charge in [-0.25, -0.2) is 4.39 Å². The SMILES string of the molecule is NC(=O)CC(CC(=O)O)c1ccccc1F. The van der Waals surface area contributed by atoms with E-state index in [1.807, 2.05) is 0 Å². The summed E-state index contributed by atoms with van der Waals surface area (Å²) in [5.74, 6) is -2.96. The van der Waals surface area contributed by atoms with Gasteiger partial charge in [-0.1, -0.05) is 18.2 Å². The van der Waals surface area contributed by atoms with Gasteiger partial charge < -0.3 is 10.8 Å². The van der Waals surface area contributed by atoms with Crippen LogP contribution in [0.1, 0.15) is 24.3 Å². The van der Waals surface area contributed by atoms with Crippen molar-refractivity contribution in [3.63, 3.8) is 0 Å². The number of carbonyl (C=O) groups excluding carboxylic acids is 1. The lowest BCUT2D eigenvalue weighted by Crippen LogP contribution is -2.18. The molecule has 0 aromatic heterocycles. The molecular weight excluding hydrogens is 213 g/mol. The average Bonchev–Trinajstić information content (AvgIpc) is 2.15. The number of aliphatic carboxylic acids is 1. The largest absolute Gasteiger partial charge is 0.481 e. The van der Waals surface area contributed by atoms with Gasteiger partial charge in [0, 0.05) is 12.3 Å². The molecule has 0 bridgehead atoms. The molecule has 0 aliphatic heterocycles. The first-order chi connectivity index (χ1) is 7.50. The third-order valence-corrected chi connectivity index (χ3v) is 2.21. The van der Waals surface area contributed by atoms with Crippen LogP contribution in [-0.4, -0.2) is 17.0 Å². The summed E-state index contributed by atoms with van der Waals surface area (Å²) >= 11 is 0. The van der Waals surface area contributed by atoms with Crippen molar-refractivity contribution in [2.75, 3.05) is 0 Å². The Morgan fingerprint density at radius 3 is 2.44 bits per heavy atom. The topological polar surface area (TPSA) is 80.4 Å². The van der Waals surface area contributed by atoms with Gasteiger partial charge in [0.1, 0.15) is 5.82 Å². The van der Waals surface area contributed by atoms with E-state index in [9.17, 15) is 14.0 Å². The second-order valence-corrected chi connectivity index (χ2v) is 3.49. The highest BCUT2D eigenvalue weighted by Crippen LogP contribution is 2.25. The molecule has 0 heterocycles. The molecule has 1 aromatic rings. The van der Waals surface area contributed by atoms with Gasteiger partial charge in [-0.3, -0.25) is 9.59 Å². The molecule has 0 saturated heterocycles. The van der Waals surface area contributed by atoms with E-state index in [0.717, 1.165) is 0 Å². The molecular formula is C11H12FNO3. The standard InChI is InChI=1S/C11H12FNO3/c12-9-4-2-1-3-8(9)7(5-10(13)14)6-11(15)16/h1-4,7H,5-6H2,(H2,13,14)(H,15,16). The van der Waals surface area contributed by atoms with E-state index in [-0.39, 0.29) is 18.4 Å². The molecule has 86 valence electrons. The molecule has 1 amide bonds. The summed E-state index contributed by atoms with van der Waals surface area (Å²) in [7, 11) is 0. The van der Waals surface area contributed by atoms with Crippen LogP contribution in [0.15, 0.2) is 24.3 Å². The molecule has 0 aliphatic carbocycles. The highest BCUT2D eigenvalue weighted by molar-refractivity contribution is 5.76. The molecule has 1 rings (SSSR count). The molecule has 0 spiro atoms. The van der Waals surface area contributed by atoms with Gasteiger partial charge in [0.2, 0.25) is 5.91 Å². The van der Waals surface area contributed by atoms with Crippen molar-refractivity contribution >= 4 is 11.9 Å². The number of primary amides is 1. The molecule has 1 unspecified atom stereocenters. The Morgan fingerprint density at radius 1 is 1.31 bits per heavy atom. The quantitative estimate of drug-likeness (QED) is 0.791. The summed E-state index contributed by atoms with van der Waals surface area (Å²) in [4.78, 5) is 21.4. The Hall–Kier alpha value is -1.91. The number of benzene rings is 1. The Labute approximate surface area is 91.9 Å². The third-order valence-electron chi connectivity index (χ3n) is 2.21. The zero-order valence-corrected chi connectivity index (χ0v) is 8.52. The predicted octanol–water partition coefficient (Wildman–Crippen LogP) is 1.26. The molecule has 4 nitrogen and oxygen atoms in total. The van der Waals surface area contributed by atoms with Gasteiger partial charge in [0.15, 0.2) is 0 Å². The number of carbonyl (C=O) groups is 2. The molecule has 1 atom stereocenters. The van der Waals surface area contributed by atoms with Crippen molar-refractivity contribution in [3.8, 4) is 0 Å². The minimum Gasteiger partial charge on any atom is -0.481 e. The highest BCUT2D eigenvalue weighted by Gasteiger charge is 2.20. The van der Waals surface area contributed by atoms with Crippen molar-refractivity contribution in [1.29, 1.82) is 0 Å². The molecule has 1 aromatic carbocycles. The predicted molar refractivity (Wildman–Crippen MR) is 55.2 cm³/mol. The summed E-state index contributed by atoms with van der Waals surface area (Å²) in [5, 5.41) is 8.67. The maximum atomic E-state index is 13.4. The highest BCUT2D eigenvalue weighted by atomic mass is 19.1. The number of hydrogen-bond donors (Lipinski definition) is 2. The van der Waals surface area contributed by atoms with E-state index >= 15 is 0 Å². The lowest BCUT2D eigenvalue weighted by atomic mass is 9.92. The van der Waals surface area contributed by atoms with Gasteiger partial charge >= 0.3 is 5.97 Å². The average molecular weight is 225 g/mol. The van der Waals surface area contributed by atoms with E-state index in [1.54, 1.807) is 6.07 Å². The molecule has 0 saturated carbocycles. The lowest BCUT2D eigenvalue weighted by molar-refractivity contribution is -0.137. The summed E-state index contributed by atoms with van der Waals surface area (Å²) in [5.41, 5.74) is 5.21.